The number of carbonyl (C=O) groups is 1. The molecule has 0 aliphatic carbocycles. The van der Waals surface area contributed by atoms with Crippen molar-refractivity contribution in [1.82, 2.24) is 15.1 Å². The molecule has 1 rings (SSSR count). The quantitative estimate of drug-likeness (QED) is 0.716. The van der Waals surface area contributed by atoms with Crippen LogP contribution < -0.4 is 5.32 Å². The Balaban J connectivity index is 2.45. The van der Waals surface area contributed by atoms with Crippen molar-refractivity contribution in [1.29, 1.82) is 0 Å². The number of hydrogen-bond acceptors (Lipinski definition) is 3. The molecule has 17 heavy (non-hydrogen) atoms. The van der Waals surface area contributed by atoms with E-state index < -0.39 is 0 Å². The van der Waals surface area contributed by atoms with E-state index in [1.807, 2.05) is 20.2 Å². The van der Waals surface area contributed by atoms with E-state index in [4.69, 9.17) is 5.11 Å². The van der Waals surface area contributed by atoms with Crippen LogP contribution in [0.2, 0.25) is 0 Å². The van der Waals surface area contributed by atoms with Crippen LogP contribution in [0, 0.1) is 0 Å². The minimum absolute atomic E-state index is 0.0334. The summed E-state index contributed by atoms with van der Waals surface area (Å²) in [5.41, 5.74) is 0.887. The fourth-order valence-electron chi connectivity index (χ4n) is 1.48. The van der Waals surface area contributed by atoms with Crippen LogP contribution in [0.1, 0.15) is 25.3 Å². The predicted octanol–water partition coefficient (Wildman–Crippen LogP) is 0.710. The van der Waals surface area contributed by atoms with Crippen molar-refractivity contribution in [2.45, 2.75) is 25.8 Å². The van der Waals surface area contributed by atoms with Crippen LogP contribution in [0.4, 0.5) is 0 Å². The highest BCUT2D eigenvalue weighted by atomic mass is 16.3. The first-order chi connectivity index (χ1) is 8.15. The molecule has 5 nitrogen and oxygen atoms in total. The molecule has 0 bridgehead atoms. The number of nitrogens with zero attached hydrogens (tertiary/aromatic N) is 2. The summed E-state index contributed by atoms with van der Waals surface area (Å²) in [6, 6.07) is 0.0334. The van der Waals surface area contributed by atoms with Crippen LogP contribution in [0.25, 0.3) is 6.08 Å². The largest absolute Gasteiger partial charge is 0.396 e. The lowest BCUT2D eigenvalue weighted by atomic mass is 10.1. The Morgan fingerprint density at radius 2 is 2.47 bits per heavy atom. The summed E-state index contributed by atoms with van der Waals surface area (Å²) < 4.78 is 1.68. The summed E-state index contributed by atoms with van der Waals surface area (Å²) >= 11 is 0. The normalized spacial score (nSPS) is 12.9. The number of amides is 1. The Hall–Kier alpha value is -1.62. The number of hydrogen-bond donors (Lipinski definition) is 2. The summed E-state index contributed by atoms with van der Waals surface area (Å²) in [7, 11) is 1.83. The lowest BCUT2D eigenvalue weighted by Crippen LogP contribution is -2.33. The second-order valence-corrected chi connectivity index (χ2v) is 3.91. The molecule has 0 spiro atoms. The molecule has 0 saturated carbocycles. The SMILES string of the molecule is CCC(CCO)NC(=O)/C=C/c1cnn(C)c1. The lowest BCUT2D eigenvalue weighted by molar-refractivity contribution is -0.117. The Labute approximate surface area is 101 Å². The van der Waals surface area contributed by atoms with Gasteiger partial charge in [0.1, 0.15) is 0 Å². The van der Waals surface area contributed by atoms with Crippen LogP contribution in [0.3, 0.4) is 0 Å². The lowest BCUT2D eigenvalue weighted by Gasteiger charge is -2.13. The van der Waals surface area contributed by atoms with Crippen LogP contribution in [-0.4, -0.2) is 33.4 Å². The molecule has 1 heterocycles. The molecule has 1 aromatic heterocycles. The minimum atomic E-state index is -0.144. The monoisotopic (exact) mass is 237 g/mol. The van der Waals surface area contributed by atoms with E-state index in [0.717, 1.165) is 12.0 Å². The van der Waals surface area contributed by atoms with Crippen molar-refractivity contribution in [3.63, 3.8) is 0 Å². The van der Waals surface area contributed by atoms with Crippen molar-refractivity contribution >= 4 is 12.0 Å². The van der Waals surface area contributed by atoms with Gasteiger partial charge >= 0.3 is 0 Å². The van der Waals surface area contributed by atoms with Crippen molar-refractivity contribution < 1.29 is 9.90 Å². The third-order valence-electron chi connectivity index (χ3n) is 2.47. The van der Waals surface area contributed by atoms with E-state index in [9.17, 15) is 4.79 Å². The van der Waals surface area contributed by atoms with Gasteiger partial charge in [-0.3, -0.25) is 9.48 Å². The van der Waals surface area contributed by atoms with Crippen molar-refractivity contribution in [3.8, 4) is 0 Å². The zero-order chi connectivity index (χ0) is 12.7. The van der Waals surface area contributed by atoms with E-state index in [1.54, 1.807) is 17.0 Å². The number of carbonyl (C=O) groups excluding carboxylic acids is 1. The van der Waals surface area contributed by atoms with Gasteiger partial charge in [-0.25, -0.2) is 0 Å². The topological polar surface area (TPSA) is 67.2 Å². The van der Waals surface area contributed by atoms with Crippen LogP contribution in [0.15, 0.2) is 18.5 Å². The van der Waals surface area contributed by atoms with E-state index in [-0.39, 0.29) is 18.6 Å². The highest BCUT2D eigenvalue weighted by Crippen LogP contribution is 2.00. The Bertz CT molecular complexity index is 385. The number of nitrogens with one attached hydrogen (secondary N) is 1. The number of aliphatic hydroxyl groups is 1. The second-order valence-electron chi connectivity index (χ2n) is 3.91. The maximum atomic E-state index is 11.6. The molecule has 0 aromatic carbocycles. The first kappa shape index (κ1) is 13.4. The van der Waals surface area contributed by atoms with Gasteiger partial charge in [0, 0.05) is 37.5 Å². The first-order valence-electron chi connectivity index (χ1n) is 5.73. The van der Waals surface area contributed by atoms with E-state index in [2.05, 4.69) is 10.4 Å². The third kappa shape index (κ3) is 4.82. The van der Waals surface area contributed by atoms with E-state index in [1.165, 1.54) is 6.08 Å². The van der Waals surface area contributed by atoms with Gasteiger partial charge in [0.05, 0.1) is 6.20 Å². The van der Waals surface area contributed by atoms with Gasteiger partial charge in [-0.1, -0.05) is 6.92 Å². The summed E-state index contributed by atoms with van der Waals surface area (Å²) in [6.45, 7) is 2.07. The van der Waals surface area contributed by atoms with Crippen LogP contribution >= 0.6 is 0 Å². The maximum absolute atomic E-state index is 11.6. The molecule has 5 heteroatoms. The minimum Gasteiger partial charge on any atom is -0.396 e. The molecule has 0 radical (unpaired) electrons. The number of rotatable bonds is 6. The van der Waals surface area contributed by atoms with Gasteiger partial charge in [0.25, 0.3) is 0 Å². The molecule has 2 N–H and O–H groups in total. The molecule has 1 amide bonds. The summed E-state index contributed by atoms with van der Waals surface area (Å²) in [5.74, 6) is -0.144. The zero-order valence-corrected chi connectivity index (χ0v) is 10.3. The molecule has 0 aliphatic heterocycles. The van der Waals surface area contributed by atoms with Gasteiger partial charge in [-0.2, -0.15) is 5.10 Å². The smallest absolute Gasteiger partial charge is 0.244 e. The Morgan fingerprint density at radius 3 is 3.00 bits per heavy atom. The molecular formula is C12H19N3O2. The third-order valence-corrected chi connectivity index (χ3v) is 2.47. The van der Waals surface area contributed by atoms with Gasteiger partial charge in [-0.05, 0) is 18.9 Å². The molecule has 0 fully saturated rings. The summed E-state index contributed by atoms with van der Waals surface area (Å²) in [5, 5.41) is 15.6. The molecule has 94 valence electrons. The van der Waals surface area contributed by atoms with Crippen molar-refractivity contribution in [3.05, 3.63) is 24.0 Å². The predicted molar refractivity (Wildman–Crippen MR) is 66.2 cm³/mol. The first-order valence-corrected chi connectivity index (χ1v) is 5.73. The van der Waals surface area contributed by atoms with Gasteiger partial charge < -0.3 is 10.4 Å². The Morgan fingerprint density at radius 1 is 1.71 bits per heavy atom. The Kier molecular flexibility index (Phi) is 5.42. The number of aliphatic hydroxyl groups excluding tert-OH is 1. The highest BCUT2D eigenvalue weighted by Gasteiger charge is 2.06. The average Bonchev–Trinajstić information content (AvgIpc) is 2.72. The van der Waals surface area contributed by atoms with Gasteiger partial charge in [0.15, 0.2) is 0 Å². The van der Waals surface area contributed by atoms with Crippen LogP contribution in [-0.2, 0) is 11.8 Å². The average molecular weight is 237 g/mol. The van der Waals surface area contributed by atoms with Crippen molar-refractivity contribution in [2.24, 2.45) is 7.05 Å². The molecule has 0 saturated heterocycles. The summed E-state index contributed by atoms with van der Waals surface area (Å²) in [4.78, 5) is 11.6. The standard InChI is InChI=1S/C12H19N3O2/c1-3-11(6-7-16)14-12(17)5-4-10-8-13-15(2)9-10/h4-5,8-9,11,16H,3,6-7H2,1-2H3,(H,14,17)/b5-4+. The maximum Gasteiger partial charge on any atom is 0.244 e. The number of aryl methyl sites for hydroxylation is 1. The van der Waals surface area contributed by atoms with Gasteiger partial charge in [-0.15, -0.1) is 0 Å². The summed E-state index contributed by atoms with van der Waals surface area (Å²) in [6.07, 6.45) is 8.12. The van der Waals surface area contributed by atoms with E-state index in [0.29, 0.717) is 6.42 Å². The molecule has 0 aliphatic rings. The second kappa shape index (κ2) is 6.85. The number of aromatic nitrogens is 2. The fourth-order valence-corrected chi connectivity index (χ4v) is 1.48. The fraction of sp³-hybridized carbons (Fsp3) is 0.500. The zero-order valence-electron chi connectivity index (χ0n) is 10.3. The van der Waals surface area contributed by atoms with Crippen LogP contribution in [0.5, 0.6) is 0 Å². The molecule has 1 unspecified atom stereocenters. The van der Waals surface area contributed by atoms with E-state index >= 15 is 0 Å². The highest BCUT2D eigenvalue weighted by molar-refractivity contribution is 5.91. The molecular weight excluding hydrogens is 218 g/mol. The molecule has 1 atom stereocenters. The van der Waals surface area contributed by atoms with Crippen molar-refractivity contribution in [2.75, 3.05) is 6.61 Å². The van der Waals surface area contributed by atoms with Gasteiger partial charge in [0.2, 0.25) is 5.91 Å². The molecule has 1 aromatic rings.